The van der Waals surface area contributed by atoms with Crippen molar-refractivity contribution in [2.75, 3.05) is 5.32 Å². The maximum atomic E-state index is 12.4. The van der Waals surface area contributed by atoms with E-state index in [-0.39, 0.29) is 5.91 Å². The number of carbonyl (C=O) groups is 1. The van der Waals surface area contributed by atoms with Crippen LogP contribution in [0, 0.1) is 0 Å². The lowest BCUT2D eigenvalue weighted by Gasteiger charge is -2.10. The Kier molecular flexibility index (Phi) is 3.29. The topological polar surface area (TPSA) is 46.9 Å². The van der Waals surface area contributed by atoms with Crippen molar-refractivity contribution in [2.45, 2.75) is 0 Å². The van der Waals surface area contributed by atoms with Gasteiger partial charge in [0.25, 0.3) is 5.91 Å². The van der Waals surface area contributed by atoms with Gasteiger partial charge in [-0.1, -0.05) is 12.1 Å². The zero-order chi connectivity index (χ0) is 13.8. The van der Waals surface area contributed by atoms with Crippen molar-refractivity contribution >= 4 is 11.6 Å². The summed E-state index contributed by atoms with van der Waals surface area (Å²) >= 11 is 0. The van der Waals surface area contributed by atoms with Gasteiger partial charge in [0.1, 0.15) is 0 Å². The minimum atomic E-state index is -0.151. The molecular formula is C16H13N3O. The molecule has 1 aromatic carbocycles. The molecule has 4 nitrogen and oxygen atoms in total. The third-order valence-electron chi connectivity index (χ3n) is 2.95. The molecule has 98 valence electrons. The van der Waals surface area contributed by atoms with Crippen LogP contribution in [0.3, 0.4) is 0 Å². The molecule has 1 N–H and O–H groups in total. The Morgan fingerprint density at radius 1 is 1.00 bits per heavy atom. The van der Waals surface area contributed by atoms with Crippen molar-refractivity contribution in [2.24, 2.45) is 0 Å². The summed E-state index contributed by atoms with van der Waals surface area (Å²) in [6.45, 7) is 0. The fraction of sp³-hybridized carbons (Fsp3) is 0. The van der Waals surface area contributed by atoms with Gasteiger partial charge in [-0.15, -0.1) is 0 Å². The number of nitrogens with one attached hydrogen (secondary N) is 1. The van der Waals surface area contributed by atoms with Gasteiger partial charge in [-0.2, -0.15) is 0 Å². The quantitative estimate of drug-likeness (QED) is 0.789. The molecule has 0 radical (unpaired) electrons. The highest BCUT2D eigenvalue weighted by Gasteiger charge is 2.11. The van der Waals surface area contributed by atoms with Crippen molar-refractivity contribution in [1.82, 2.24) is 9.55 Å². The standard InChI is InChI=1S/C16H13N3O/c20-16(18-13-6-5-9-17-12-13)14-7-1-2-8-15(14)19-10-3-4-11-19/h1-12H,(H,18,20). The van der Waals surface area contributed by atoms with Crippen LogP contribution in [0.2, 0.25) is 0 Å². The number of amides is 1. The zero-order valence-electron chi connectivity index (χ0n) is 10.7. The second-order valence-corrected chi connectivity index (χ2v) is 4.30. The number of carbonyl (C=O) groups excluding carboxylic acids is 1. The predicted molar refractivity (Wildman–Crippen MR) is 78.0 cm³/mol. The van der Waals surface area contributed by atoms with E-state index in [0.717, 1.165) is 5.69 Å². The number of benzene rings is 1. The second-order valence-electron chi connectivity index (χ2n) is 4.30. The highest BCUT2D eigenvalue weighted by Crippen LogP contribution is 2.16. The Balaban J connectivity index is 1.93. The van der Waals surface area contributed by atoms with E-state index in [9.17, 15) is 4.79 Å². The summed E-state index contributed by atoms with van der Waals surface area (Å²) < 4.78 is 1.91. The molecule has 20 heavy (non-hydrogen) atoms. The Bertz CT molecular complexity index is 706. The lowest BCUT2D eigenvalue weighted by molar-refractivity contribution is 0.102. The number of anilines is 1. The summed E-state index contributed by atoms with van der Waals surface area (Å²) in [7, 11) is 0. The second kappa shape index (κ2) is 5.40. The molecule has 0 unspecified atom stereocenters. The fourth-order valence-corrected chi connectivity index (χ4v) is 2.02. The van der Waals surface area contributed by atoms with Crippen LogP contribution >= 0.6 is 0 Å². The molecule has 3 aromatic rings. The van der Waals surface area contributed by atoms with Crippen molar-refractivity contribution < 1.29 is 4.79 Å². The first kappa shape index (κ1) is 12.2. The highest BCUT2D eigenvalue weighted by atomic mass is 16.1. The molecule has 0 bridgehead atoms. The number of pyridine rings is 1. The molecule has 0 saturated heterocycles. The van der Waals surface area contributed by atoms with Crippen LogP contribution in [-0.2, 0) is 0 Å². The number of hydrogen-bond acceptors (Lipinski definition) is 2. The van der Waals surface area contributed by atoms with Gasteiger partial charge in [0, 0.05) is 18.6 Å². The molecule has 0 spiro atoms. The average molecular weight is 263 g/mol. The van der Waals surface area contributed by atoms with Crippen LogP contribution < -0.4 is 5.32 Å². The Morgan fingerprint density at radius 3 is 2.55 bits per heavy atom. The van der Waals surface area contributed by atoms with Crippen molar-refractivity contribution in [3.05, 3.63) is 78.9 Å². The minimum Gasteiger partial charge on any atom is -0.323 e. The third kappa shape index (κ3) is 2.44. The number of nitrogens with zero attached hydrogens (tertiary/aromatic N) is 2. The molecule has 0 fully saturated rings. The average Bonchev–Trinajstić information content (AvgIpc) is 3.02. The largest absolute Gasteiger partial charge is 0.323 e. The highest BCUT2D eigenvalue weighted by molar-refractivity contribution is 6.06. The molecule has 0 atom stereocenters. The molecule has 2 heterocycles. The SMILES string of the molecule is O=C(Nc1cccnc1)c1ccccc1-n1cccc1. The van der Waals surface area contributed by atoms with E-state index >= 15 is 0 Å². The van der Waals surface area contributed by atoms with Gasteiger partial charge in [0.05, 0.1) is 23.1 Å². The van der Waals surface area contributed by atoms with Crippen LogP contribution in [0.4, 0.5) is 5.69 Å². The van der Waals surface area contributed by atoms with Crippen LogP contribution in [-0.4, -0.2) is 15.5 Å². The lowest BCUT2D eigenvalue weighted by atomic mass is 10.1. The molecule has 3 rings (SSSR count). The van der Waals surface area contributed by atoms with E-state index < -0.39 is 0 Å². The van der Waals surface area contributed by atoms with Crippen LogP contribution in [0.5, 0.6) is 0 Å². The van der Waals surface area contributed by atoms with Gasteiger partial charge in [-0.05, 0) is 36.4 Å². The Morgan fingerprint density at radius 2 is 1.80 bits per heavy atom. The van der Waals surface area contributed by atoms with E-state index in [1.165, 1.54) is 0 Å². The summed E-state index contributed by atoms with van der Waals surface area (Å²) in [6, 6.07) is 14.9. The van der Waals surface area contributed by atoms with Crippen molar-refractivity contribution in [3.8, 4) is 5.69 Å². The third-order valence-corrected chi connectivity index (χ3v) is 2.95. The van der Waals surface area contributed by atoms with Crippen LogP contribution in [0.1, 0.15) is 10.4 Å². The first-order valence-corrected chi connectivity index (χ1v) is 6.28. The summed E-state index contributed by atoms with van der Waals surface area (Å²) in [5, 5.41) is 2.85. The van der Waals surface area contributed by atoms with E-state index in [2.05, 4.69) is 10.3 Å². The number of rotatable bonds is 3. The molecule has 0 aliphatic heterocycles. The summed E-state index contributed by atoms with van der Waals surface area (Å²) in [4.78, 5) is 16.4. The molecule has 1 amide bonds. The number of para-hydroxylation sites is 1. The van der Waals surface area contributed by atoms with E-state index in [4.69, 9.17) is 0 Å². The van der Waals surface area contributed by atoms with E-state index in [0.29, 0.717) is 11.3 Å². The Labute approximate surface area is 116 Å². The molecule has 0 aliphatic rings. The fourth-order valence-electron chi connectivity index (χ4n) is 2.02. The van der Waals surface area contributed by atoms with Gasteiger partial charge < -0.3 is 9.88 Å². The predicted octanol–water partition coefficient (Wildman–Crippen LogP) is 3.12. The Hall–Kier alpha value is -2.88. The number of aromatic nitrogens is 2. The van der Waals surface area contributed by atoms with Crippen LogP contribution in [0.15, 0.2) is 73.3 Å². The van der Waals surface area contributed by atoms with Crippen molar-refractivity contribution in [1.29, 1.82) is 0 Å². The zero-order valence-corrected chi connectivity index (χ0v) is 10.7. The van der Waals surface area contributed by atoms with E-state index in [1.807, 2.05) is 53.4 Å². The summed E-state index contributed by atoms with van der Waals surface area (Å²) in [5.74, 6) is -0.151. The lowest BCUT2D eigenvalue weighted by Crippen LogP contribution is -2.14. The minimum absolute atomic E-state index is 0.151. The molecule has 0 aliphatic carbocycles. The van der Waals surface area contributed by atoms with Gasteiger partial charge in [-0.3, -0.25) is 9.78 Å². The summed E-state index contributed by atoms with van der Waals surface area (Å²) in [6.07, 6.45) is 7.12. The van der Waals surface area contributed by atoms with Gasteiger partial charge in [0.2, 0.25) is 0 Å². The first-order chi connectivity index (χ1) is 9.84. The maximum absolute atomic E-state index is 12.4. The summed E-state index contributed by atoms with van der Waals surface area (Å²) in [5.41, 5.74) is 2.14. The molecular weight excluding hydrogens is 250 g/mol. The normalized spacial score (nSPS) is 10.2. The first-order valence-electron chi connectivity index (χ1n) is 6.28. The van der Waals surface area contributed by atoms with Gasteiger partial charge in [-0.25, -0.2) is 0 Å². The molecule has 4 heteroatoms. The van der Waals surface area contributed by atoms with E-state index in [1.54, 1.807) is 24.5 Å². The molecule has 2 aromatic heterocycles. The van der Waals surface area contributed by atoms with Crippen molar-refractivity contribution in [3.63, 3.8) is 0 Å². The smallest absolute Gasteiger partial charge is 0.257 e. The maximum Gasteiger partial charge on any atom is 0.257 e. The molecule has 0 saturated carbocycles. The van der Waals surface area contributed by atoms with Crippen LogP contribution in [0.25, 0.3) is 5.69 Å². The van der Waals surface area contributed by atoms with Gasteiger partial charge in [0.15, 0.2) is 0 Å². The van der Waals surface area contributed by atoms with Gasteiger partial charge >= 0.3 is 0 Å². The monoisotopic (exact) mass is 263 g/mol. The number of hydrogen-bond donors (Lipinski definition) is 1.